The predicted octanol–water partition coefficient (Wildman–Crippen LogP) is 5.41. The molecule has 0 bridgehead atoms. The quantitative estimate of drug-likeness (QED) is 0.341. The lowest BCUT2D eigenvalue weighted by Gasteiger charge is -2.34. The second-order valence-corrected chi connectivity index (χ2v) is 12.5. The monoisotopic (exact) mass is 514 g/mol. The summed E-state index contributed by atoms with van der Waals surface area (Å²) in [6.45, 7) is 17.4. The Bertz CT molecular complexity index is 1310. The molecule has 3 aromatic carbocycles. The van der Waals surface area contributed by atoms with Gasteiger partial charge in [0.1, 0.15) is 5.75 Å². The lowest BCUT2D eigenvalue weighted by atomic mass is 9.79. The molecule has 1 saturated heterocycles. The van der Waals surface area contributed by atoms with Crippen molar-refractivity contribution >= 4 is 22.9 Å². The third-order valence-electron chi connectivity index (χ3n) is 7.26. The molecule has 6 nitrogen and oxygen atoms in total. The summed E-state index contributed by atoms with van der Waals surface area (Å²) in [4.78, 5) is 17.2. The number of carbonyl (C=O) groups is 1. The second-order valence-electron chi connectivity index (χ2n) is 12.5. The Morgan fingerprint density at radius 3 is 2.21 bits per heavy atom. The first-order valence-corrected chi connectivity index (χ1v) is 13.5. The van der Waals surface area contributed by atoms with Crippen LogP contribution in [0.3, 0.4) is 0 Å². The minimum Gasteiger partial charge on any atom is -0.507 e. The highest BCUT2D eigenvalue weighted by molar-refractivity contribution is 5.87. The standard InChI is InChI=1S/C32H42N4O2/c1-31(2,3)27-18-26(30(38)28(19-27)32(4,5)6)20-33-34-29(37)22-36-15-13-35(14-16-36)21-23-11-12-24-9-7-8-10-25(24)17-23/h7-12,17-20,38H,13-16,21-22H2,1-6H3,(H,34,37)/b33-20+. The molecule has 0 unspecified atom stereocenters. The van der Waals surface area contributed by atoms with Gasteiger partial charge in [0, 0.05) is 43.9 Å². The van der Waals surface area contributed by atoms with E-state index in [1.807, 2.05) is 6.07 Å². The Morgan fingerprint density at radius 2 is 1.55 bits per heavy atom. The number of nitrogens with one attached hydrogen (secondary N) is 1. The summed E-state index contributed by atoms with van der Waals surface area (Å²) in [5.74, 6) is 0.0674. The van der Waals surface area contributed by atoms with Crippen molar-refractivity contribution < 1.29 is 9.90 Å². The van der Waals surface area contributed by atoms with E-state index in [9.17, 15) is 9.90 Å². The Kier molecular flexibility index (Phi) is 8.24. The van der Waals surface area contributed by atoms with Crippen molar-refractivity contribution in [1.82, 2.24) is 15.2 Å². The molecule has 0 atom stereocenters. The molecule has 6 heteroatoms. The maximum absolute atomic E-state index is 12.6. The van der Waals surface area contributed by atoms with Crippen LogP contribution in [0.15, 0.2) is 59.7 Å². The van der Waals surface area contributed by atoms with E-state index in [0.29, 0.717) is 12.1 Å². The summed E-state index contributed by atoms with van der Waals surface area (Å²) in [7, 11) is 0. The van der Waals surface area contributed by atoms with E-state index >= 15 is 0 Å². The molecule has 4 rings (SSSR count). The van der Waals surface area contributed by atoms with E-state index in [0.717, 1.165) is 43.9 Å². The highest BCUT2D eigenvalue weighted by Gasteiger charge is 2.24. The number of hydrazone groups is 1. The number of phenols is 1. The molecule has 1 aliphatic rings. The van der Waals surface area contributed by atoms with Crippen LogP contribution in [0, 0.1) is 0 Å². The van der Waals surface area contributed by atoms with Gasteiger partial charge in [-0.25, -0.2) is 5.43 Å². The van der Waals surface area contributed by atoms with E-state index < -0.39 is 0 Å². The van der Waals surface area contributed by atoms with Crippen molar-refractivity contribution in [3.8, 4) is 5.75 Å². The summed E-state index contributed by atoms with van der Waals surface area (Å²) in [6.07, 6.45) is 1.55. The van der Waals surface area contributed by atoms with Gasteiger partial charge in [-0.2, -0.15) is 5.10 Å². The molecule has 3 aromatic rings. The normalized spacial score (nSPS) is 15.8. The van der Waals surface area contributed by atoms with Crippen molar-refractivity contribution in [3.05, 3.63) is 76.9 Å². The molecule has 1 heterocycles. The molecule has 0 saturated carbocycles. The number of fused-ring (bicyclic) bond motifs is 1. The van der Waals surface area contributed by atoms with Gasteiger partial charge in [0.2, 0.25) is 0 Å². The molecule has 0 radical (unpaired) electrons. The van der Waals surface area contributed by atoms with Gasteiger partial charge < -0.3 is 5.11 Å². The topological polar surface area (TPSA) is 68.2 Å². The molecule has 0 aromatic heterocycles. The number of benzene rings is 3. The highest BCUT2D eigenvalue weighted by atomic mass is 16.3. The van der Waals surface area contributed by atoms with Gasteiger partial charge >= 0.3 is 0 Å². The summed E-state index contributed by atoms with van der Waals surface area (Å²) in [6, 6.07) is 19.1. The first kappa shape index (κ1) is 27.8. The van der Waals surface area contributed by atoms with Crippen molar-refractivity contribution in [2.75, 3.05) is 32.7 Å². The van der Waals surface area contributed by atoms with Crippen LogP contribution in [0.25, 0.3) is 10.8 Å². The average molecular weight is 515 g/mol. The van der Waals surface area contributed by atoms with Crippen LogP contribution in [0.2, 0.25) is 0 Å². The molecular formula is C32H42N4O2. The first-order chi connectivity index (χ1) is 17.9. The number of phenolic OH excluding ortho intramolecular Hbond substituents is 1. The van der Waals surface area contributed by atoms with Gasteiger partial charge in [0.15, 0.2) is 0 Å². The number of nitrogens with zero attached hydrogens (tertiary/aromatic N) is 3. The summed E-state index contributed by atoms with van der Waals surface area (Å²) < 4.78 is 0. The van der Waals surface area contributed by atoms with E-state index in [-0.39, 0.29) is 22.5 Å². The highest BCUT2D eigenvalue weighted by Crippen LogP contribution is 2.37. The number of amides is 1. The van der Waals surface area contributed by atoms with Gasteiger partial charge in [0.25, 0.3) is 5.91 Å². The second kappa shape index (κ2) is 11.3. The zero-order chi connectivity index (χ0) is 27.5. The van der Waals surface area contributed by atoms with Crippen LogP contribution >= 0.6 is 0 Å². The summed E-state index contributed by atoms with van der Waals surface area (Å²) in [5.41, 5.74) is 6.29. The smallest absolute Gasteiger partial charge is 0.254 e. The van der Waals surface area contributed by atoms with Crippen molar-refractivity contribution in [3.63, 3.8) is 0 Å². The van der Waals surface area contributed by atoms with Crippen LogP contribution in [0.1, 0.15) is 63.8 Å². The fourth-order valence-electron chi connectivity index (χ4n) is 4.87. The third kappa shape index (κ3) is 7.00. The van der Waals surface area contributed by atoms with Crippen LogP contribution in [0.4, 0.5) is 0 Å². The lowest BCUT2D eigenvalue weighted by Crippen LogP contribution is -2.48. The Hall–Kier alpha value is -3.22. The largest absolute Gasteiger partial charge is 0.507 e. The number of rotatable bonds is 6. The van der Waals surface area contributed by atoms with Gasteiger partial charge in [0.05, 0.1) is 12.8 Å². The maximum Gasteiger partial charge on any atom is 0.254 e. The van der Waals surface area contributed by atoms with Gasteiger partial charge in [-0.1, -0.05) is 84.0 Å². The zero-order valence-electron chi connectivity index (χ0n) is 23.7. The van der Waals surface area contributed by atoms with Crippen molar-refractivity contribution in [2.24, 2.45) is 5.10 Å². The van der Waals surface area contributed by atoms with E-state index in [4.69, 9.17) is 0 Å². The van der Waals surface area contributed by atoms with Gasteiger partial charge in [-0.15, -0.1) is 0 Å². The SMILES string of the molecule is CC(C)(C)c1cc(/C=N/NC(=O)CN2CCN(Cc3ccc4ccccc4c3)CC2)c(O)c(C(C)(C)C)c1. The first-order valence-electron chi connectivity index (χ1n) is 13.5. The predicted molar refractivity (Wildman–Crippen MR) is 157 cm³/mol. The Morgan fingerprint density at radius 1 is 0.895 bits per heavy atom. The molecule has 2 N–H and O–H groups in total. The minimum absolute atomic E-state index is 0.0734. The fraction of sp³-hybridized carbons (Fsp3) is 0.438. The fourth-order valence-corrected chi connectivity index (χ4v) is 4.87. The van der Waals surface area contributed by atoms with Crippen LogP contribution in [-0.2, 0) is 22.2 Å². The van der Waals surface area contributed by atoms with Crippen molar-refractivity contribution in [2.45, 2.75) is 58.9 Å². The molecule has 0 spiro atoms. The third-order valence-corrected chi connectivity index (χ3v) is 7.26. The van der Waals surface area contributed by atoms with Crippen LogP contribution in [0.5, 0.6) is 5.75 Å². The summed E-state index contributed by atoms with van der Waals surface area (Å²) in [5, 5.41) is 17.6. The molecule has 1 aliphatic heterocycles. The Balaban J connectivity index is 1.30. The Labute approximate surface area is 227 Å². The number of hydrogen-bond acceptors (Lipinski definition) is 5. The van der Waals surface area contributed by atoms with E-state index in [1.165, 1.54) is 16.3 Å². The summed E-state index contributed by atoms with van der Waals surface area (Å²) >= 11 is 0. The molecule has 0 aliphatic carbocycles. The molecule has 1 amide bonds. The van der Waals surface area contributed by atoms with Crippen LogP contribution in [-0.4, -0.2) is 59.8 Å². The van der Waals surface area contributed by atoms with Gasteiger partial charge in [-0.3, -0.25) is 14.6 Å². The minimum atomic E-state index is -0.215. The number of aromatic hydroxyl groups is 1. The lowest BCUT2D eigenvalue weighted by molar-refractivity contribution is -0.122. The van der Waals surface area contributed by atoms with E-state index in [2.05, 4.69) is 110 Å². The maximum atomic E-state index is 12.6. The van der Waals surface area contributed by atoms with E-state index in [1.54, 1.807) is 6.21 Å². The number of hydrogen-bond donors (Lipinski definition) is 2. The average Bonchev–Trinajstić information content (AvgIpc) is 2.85. The van der Waals surface area contributed by atoms with Gasteiger partial charge in [-0.05, 0) is 44.9 Å². The number of carbonyl (C=O) groups excluding carboxylic acids is 1. The molecule has 38 heavy (non-hydrogen) atoms. The van der Waals surface area contributed by atoms with Crippen LogP contribution < -0.4 is 5.43 Å². The molecule has 202 valence electrons. The molecule has 1 fully saturated rings. The number of piperazine rings is 1. The zero-order valence-corrected chi connectivity index (χ0v) is 23.7. The van der Waals surface area contributed by atoms with Crippen molar-refractivity contribution in [1.29, 1.82) is 0 Å². The molecular weight excluding hydrogens is 472 g/mol.